The third-order valence-corrected chi connectivity index (χ3v) is 4.70. The molecule has 6 nitrogen and oxygen atoms in total. The molecule has 1 N–H and O–H groups in total. The molecule has 0 aliphatic heterocycles. The lowest BCUT2D eigenvalue weighted by atomic mass is 10.2. The van der Waals surface area contributed by atoms with Gasteiger partial charge in [0.1, 0.15) is 10.7 Å². The van der Waals surface area contributed by atoms with E-state index in [1.165, 1.54) is 7.11 Å². The van der Waals surface area contributed by atoms with Gasteiger partial charge >= 0.3 is 5.97 Å². The fourth-order valence-corrected chi connectivity index (χ4v) is 3.10. The number of methoxy groups -OCH3 is 1. The van der Waals surface area contributed by atoms with Crippen LogP contribution in [0.1, 0.15) is 17.3 Å². The standard InChI is InChI=1S/C12H16FNO5S/c1-3-14(6-7-19-2)20(17,18)11-5-4-9(12(15)16)8-10(11)13/h4-5,8H,3,6-7H2,1-2H3,(H,15,16). The Morgan fingerprint density at radius 1 is 1.45 bits per heavy atom. The highest BCUT2D eigenvalue weighted by molar-refractivity contribution is 7.89. The van der Waals surface area contributed by atoms with E-state index in [0.29, 0.717) is 6.07 Å². The zero-order chi connectivity index (χ0) is 15.3. The van der Waals surface area contributed by atoms with Crippen LogP contribution in [0.2, 0.25) is 0 Å². The SMILES string of the molecule is CCN(CCOC)S(=O)(=O)c1ccc(C(=O)O)cc1F. The first-order valence-electron chi connectivity index (χ1n) is 5.86. The Hall–Kier alpha value is -1.51. The van der Waals surface area contributed by atoms with E-state index in [1.54, 1.807) is 6.92 Å². The highest BCUT2D eigenvalue weighted by atomic mass is 32.2. The van der Waals surface area contributed by atoms with E-state index < -0.39 is 26.7 Å². The van der Waals surface area contributed by atoms with E-state index in [-0.39, 0.29) is 25.3 Å². The Morgan fingerprint density at radius 3 is 2.55 bits per heavy atom. The lowest BCUT2D eigenvalue weighted by Gasteiger charge is -2.20. The number of carboxylic acid groups (broad SMARTS) is 1. The number of ether oxygens (including phenoxy) is 1. The first-order valence-corrected chi connectivity index (χ1v) is 7.30. The van der Waals surface area contributed by atoms with Crippen LogP contribution in [0.25, 0.3) is 0 Å². The number of carboxylic acids is 1. The van der Waals surface area contributed by atoms with Crippen LogP contribution in [0.3, 0.4) is 0 Å². The molecule has 0 radical (unpaired) electrons. The zero-order valence-corrected chi connectivity index (χ0v) is 12.0. The summed E-state index contributed by atoms with van der Waals surface area (Å²) in [5.41, 5.74) is -0.304. The van der Waals surface area contributed by atoms with E-state index in [4.69, 9.17) is 9.84 Å². The summed E-state index contributed by atoms with van der Waals surface area (Å²) < 4.78 is 44.2. The van der Waals surface area contributed by atoms with Gasteiger partial charge in [0.15, 0.2) is 0 Å². The summed E-state index contributed by atoms with van der Waals surface area (Å²) in [6.07, 6.45) is 0. The second-order valence-electron chi connectivity index (χ2n) is 3.94. The molecule has 8 heteroatoms. The van der Waals surface area contributed by atoms with Crippen LogP contribution < -0.4 is 0 Å². The monoisotopic (exact) mass is 305 g/mol. The van der Waals surface area contributed by atoms with E-state index >= 15 is 0 Å². The van der Waals surface area contributed by atoms with Gasteiger partial charge in [-0.1, -0.05) is 6.92 Å². The van der Waals surface area contributed by atoms with E-state index in [2.05, 4.69) is 0 Å². The lowest BCUT2D eigenvalue weighted by molar-refractivity contribution is 0.0696. The van der Waals surface area contributed by atoms with Crippen molar-refractivity contribution in [1.82, 2.24) is 4.31 Å². The number of hydrogen-bond acceptors (Lipinski definition) is 4. The van der Waals surface area contributed by atoms with E-state index in [1.807, 2.05) is 0 Å². The van der Waals surface area contributed by atoms with Crippen LogP contribution in [0, 0.1) is 5.82 Å². The molecule has 1 aromatic carbocycles. The maximum absolute atomic E-state index is 13.8. The molecule has 0 amide bonds. The minimum atomic E-state index is -4.01. The molecule has 0 atom stereocenters. The zero-order valence-electron chi connectivity index (χ0n) is 11.2. The second kappa shape index (κ2) is 6.78. The average Bonchev–Trinajstić information content (AvgIpc) is 2.38. The fraction of sp³-hybridized carbons (Fsp3) is 0.417. The molecule has 0 fully saturated rings. The van der Waals surface area contributed by atoms with Gasteiger partial charge in [0.2, 0.25) is 10.0 Å². The van der Waals surface area contributed by atoms with Gasteiger partial charge in [-0.3, -0.25) is 0 Å². The Kier molecular flexibility index (Phi) is 5.61. The highest BCUT2D eigenvalue weighted by Gasteiger charge is 2.26. The van der Waals surface area contributed by atoms with Gasteiger partial charge < -0.3 is 9.84 Å². The normalized spacial score (nSPS) is 11.8. The quantitative estimate of drug-likeness (QED) is 0.818. The topological polar surface area (TPSA) is 83.9 Å². The molecule has 0 unspecified atom stereocenters. The van der Waals surface area contributed by atoms with E-state index in [0.717, 1.165) is 16.4 Å². The highest BCUT2D eigenvalue weighted by Crippen LogP contribution is 2.20. The van der Waals surface area contributed by atoms with Crippen molar-refractivity contribution in [2.45, 2.75) is 11.8 Å². The number of carbonyl (C=O) groups is 1. The molecule has 0 aromatic heterocycles. The van der Waals surface area contributed by atoms with Crippen LogP contribution in [0.5, 0.6) is 0 Å². The number of benzene rings is 1. The fourth-order valence-electron chi connectivity index (χ4n) is 1.62. The Bertz CT molecular complexity index is 588. The molecule has 0 heterocycles. The summed E-state index contributed by atoms with van der Waals surface area (Å²) in [7, 11) is -2.58. The largest absolute Gasteiger partial charge is 0.478 e. The minimum Gasteiger partial charge on any atom is -0.478 e. The molecule has 0 aliphatic carbocycles. The smallest absolute Gasteiger partial charge is 0.335 e. The van der Waals surface area contributed by atoms with Gasteiger partial charge in [-0.2, -0.15) is 4.31 Å². The number of hydrogen-bond donors (Lipinski definition) is 1. The van der Waals surface area contributed by atoms with Crippen molar-refractivity contribution in [3.05, 3.63) is 29.6 Å². The summed E-state index contributed by atoms with van der Waals surface area (Å²) in [5, 5.41) is 8.73. The van der Waals surface area contributed by atoms with Crippen molar-refractivity contribution in [2.75, 3.05) is 26.8 Å². The van der Waals surface area contributed by atoms with Crippen molar-refractivity contribution in [3.8, 4) is 0 Å². The van der Waals surface area contributed by atoms with Crippen LogP contribution in [-0.2, 0) is 14.8 Å². The summed E-state index contributed by atoms with van der Waals surface area (Å²) in [6, 6.07) is 2.71. The van der Waals surface area contributed by atoms with Gasteiger partial charge in [0.05, 0.1) is 12.2 Å². The summed E-state index contributed by atoms with van der Waals surface area (Å²) in [4.78, 5) is 10.2. The van der Waals surface area contributed by atoms with Crippen molar-refractivity contribution < 1.29 is 27.4 Å². The summed E-state index contributed by atoms with van der Waals surface area (Å²) >= 11 is 0. The average molecular weight is 305 g/mol. The molecule has 0 saturated heterocycles. The van der Waals surface area contributed by atoms with Crippen LogP contribution >= 0.6 is 0 Å². The molecule has 0 spiro atoms. The third kappa shape index (κ3) is 3.53. The Morgan fingerprint density at radius 2 is 2.10 bits per heavy atom. The van der Waals surface area contributed by atoms with Crippen molar-refractivity contribution in [2.24, 2.45) is 0 Å². The number of rotatable bonds is 7. The molecule has 0 bridgehead atoms. The molecular weight excluding hydrogens is 289 g/mol. The van der Waals surface area contributed by atoms with Gasteiger partial charge in [-0.05, 0) is 18.2 Å². The molecule has 1 aromatic rings. The number of aromatic carboxylic acids is 1. The predicted molar refractivity (Wildman–Crippen MR) is 69.7 cm³/mol. The number of likely N-dealkylation sites (N-methyl/N-ethyl adjacent to an activating group) is 1. The van der Waals surface area contributed by atoms with Crippen LogP contribution in [-0.4, -0.2) is 50.6 Å². The van der Waals surface area contributed by atoms with Crippen molar-refractivity contribution in [3.63, 3.8) is 0 Å². The Labute approximate surface area is 116 Å². The van der Waals surface area contributed by atoms with Crippen molar-refractivity contribution >= 4 is 16.0 Å². The minimum absolute atomic E-state index is 0.0927. The molecule has 112 valence electrons. The number of nitrogens with zero attached hydrogens (tertiary/aromatic N) is 1. The Balaban J connectivity index is 3.17. The molecule has 0 aliphatic rings. The van der Waals surface area contributed by atoms with Crippen molar-refractivity contribution in [1.29, 1.82) is 0 Å². The lowest BCUT2D eigenvalue weighted by Crippen LogP contribution is -2.34. The molecule has 1 rings (SSSR count). The van der Waals surface area contributed by atoms with Crippen LogP contribution in [0.4, 0.5) is 4.39 Å². The molecule has 20 heavy (non-hydrogen) atoms. The summed E-state index contributed by atoms with van der Waals surface area (Å²) in [5.74, 6) is -2.40. The van der Waals surface area contributed by atoms with E-state index in [9.17, 15) is 17.6 Å². The number of sulfonamides is 1. The van der Waals surface area contributed by atoms with Gasteiger partial charge in [-0.15, -0.1) is 0 Å². The maximum Gasteiger partial charge on any atom is 0.335 e. The first kappa shape index (κ1) is 16.5. The maximum atomic E-state index is 13.8. The number of halogens is 1. The van der Waals surface area contributed by atoms with Gasteiger partial charge in [0.25, 0.3) is 0 Å². The molecule has 0 saturated carbocycles. The van der Waals surface area contributed by atoms with Gasteiger partial charge in [-0.25, -0.2) is 17.6 Å². The molecular formula is C12H16FNO5S. The third-order valence-electron chi connectivity index (χ3n) is 2.69. The predicted octanol–water partition coefficient (Wildman–Crippen LogP) is 1.18. The van der Waals surface area contributed by atoms with Crippen LogP contribution in [0.15, 0.2) is 23.1 Å². The van der Waals surface area contributed by atoms with Gasteiger partial charge in [0, 0.05) is 20.2 Å². The first-order chi connectivity index (χ1) is 9.34. The second-order valence-corrected chi connectivity index (χ2v) is 5.85. The summed E-state index contributed by atoms with van der Waals surface area (Å²) in [6.45, 7) is 2.06.